The van der Waals surface area contributed by atoms with Gasteiger partial charge in [-0.3, -0.25) is 14.5 Å². The highest BCUT2D eigenvalue weighted by Gasteiger charge is 2.23. The predicted molar refractivity (Wildman–Crippen MR) is 154 cm³/mol. The maximum absolute atomic E-state index is 13.0. The molecule has 2 amide bonds. The van der Waals surface area contributed by atoms with E-state index in [1.54, 1.807) is 0 Å². The average molecular weight is 527 g/mol. The molecular weight excluding hydrogens is 488 g/mol. The van der Waals surface area contributed by atoms with Gasteiger partial charge in [0.2, 0.25) is 5.91 Å². The first-order chi connectivity index (χ1) is 19.0. The normalized spacial score (nSPS) is 17.8. The Balaban J connectivity index is 1.03. The molecular formula is C32H38N4O3. The Morgan fingerprint density at radius 3 is 2.41 bits per heavy atom. The number of piperazine rings is 1. The molecule has 0 saturated carbocycles. The third-order valence-corrected chi connectivity index (χ3v) is 7.54. The van der Waals surface area contributed by atoms with E-state index in [2.05, 4.69) is 46.4 Å². The van der Waals surface area contributed by atoms with Gasteiger partial charge in [0.05, 0.1) is 0 Å². The SMILES string of the molecule is CN(Cc1cccc(OCCN2CCN(C(=O)c3ccc(-c4ccccc4)cc3)CC2)c1)C[C@H]1CCC(=O)N1. The van der Waals surface area contributed by atoms with Gasteiger partial charge in [-0.25, -0.2) is 0 Å². The predicted octanol–water partition coefficient (Wildman–Crippen LogP) is 3.90. The molecule has 7 heteroatoms. The summed E-state index contributed by atoms with van der Waals surface area (Å²) in [6.07, 6.45) is 1.55. The molecule has 0 aromatic heterocycles. The van der Waals surface area contributed by atoms with Crippen LogP contribution >= 0.6 is 0 Å². The fraction of sp³-hybridized carbons (Fsp3) is 0.375. The minimum absolute atomic E-state index is 0.0996. The molecule has 39 heavy (non-hydrogen) atoms. The van der Waals surface area contributed by atoms with Crippen LogP contribution in [-0.4, -0.2) is 85.5 Å². The molecule has 0 spiro atoms. The van der Waals surface area contributed by atoms with Crippen molar-refractivity contribution in [2.24, 2.45) is 0 Å². The van der Waals surface area contributed by atoms with Crippen molar-refractivity contribution in [3.8, 4) is 16.9 Å². The summed E-state index contributed by atoms with van der Waals surface area (Å²) in [6, 6.07) is 26.6. The molecule has 1 atom stereocenters. The number of hydrogen-bond donors (Lipinski definition) is 1. The van der Waals surface area contributed by atoms with Gasteiger partial charge in [0.15, 0.2) is 0 Å². The molecule has 0 aliphatic carbocycles. The smallest absolute Gasteiger partial charge is 0.253 e. The van der Waals surface area contributed by atoms with Crippen molar-refractivity contribution in [2.75, 3.05) is 52.9 Å². The Bertz CT molecular complexity index is 1240. The zero-order chi connectivity index (χ0) is 27.0. The van der Waals surface area contributed by atoms with Crippen LogP contribution < -0.4 is 10.1 Å². The molecule has 2 heterocycles. The molecule has 0 unspecified atom stereocenters. The summed E-state index contributed by atoms with van der Waals surface area (Å²) in [4.78, 5) is 31.0. The van der Waals surface area contributed by atoms with Gasteiger partial charge in [0.1, 0.15) is 12.4 Å². The molecule has 3 aromatic rings. The van der Waals surface area contributed by atoms with Crippen LogP contribution in [0.2, 0.25) is 0 Å². The maximum Gasteiger partial charge on any atom is 0.253 e. The molecule has 1 N–H and O–H groups in total. The largest absolute Gasteiger partial charge is 0.492 e. The maximum atomic E-state index is 13.0. The monoisotopic (exact) mass is 526 g/mol. The highest BCUT2D eigenvalue weighted by atomic mass is 16.5. The fourth-order valence-electron chi connectivity index (χ4n) is 5.39. The lowest BCUT2D eigenvalue weighted by molar-refractivity contribution is -0.119. The Labute approximate surface area is 231 Å². The summed E-state index contributed by atoms with van der Waals surface area (Å²) in [6.45, 7) is 6.25. The van der Waals surface area contributed by atoms with Crippen molar-refractivity contribution in [1.29, 1.82) is 0 Å². The van der Waals surface area contributed by atoms with E-state index in [0.29, 0.717) is 13.0 Å². The average Bonchev–Trinajstić information content (AvgIpc) is 3.38. The van der Waals surface area contributed by atoms with Gasteiger partial charge < -0.3 is 19.9 Å². The van der Waals surface area contributed by atoms with E-state index in [1.165, 1.54) is 5.56 Å². The van der Waals surface area contributed by atoms with Crippen molar-refractivity contribution in [3.63, 3.8) is 0 Å². The van der Waals surface area contributed by atoms with Crippen LogP contribution in [0.3, 0.4) is 0 Å². The Morgan fingerprint density at radius 2 is 1.69 bits per heavy atom. The number of hydrogen-bond acceptors (Lipinski definition) is 5. The molecule has 2 aliphatic heterocycles. The van der Waals surface area contributed by atoms with Gasteiger partial charge in [0, 0.05) is 63.8 Å². The highest BCUT2D eigenvalue weighted by Crippen LogP contribution is 2.20. The number of likely N-dealkylation sites (N-methyl/N-ethyl adjacent to an activating group) is 1. The van der Waals surface area contributed by atoms with E-state index in [4.69, 9.17) is 4.74 Å². The van der Waals surface area contributed by atoms with Crippen molar-refractivity contribution >= 4 is 11.8 Å². The van der Waals surface area contributed by atoms with Crippen LogP contribution in [0.15, 0.2) is 78.9 Å². The van der Waals surface area contributed by atoms with Crippen molar-refractivity contribution in [2.45, 2.75) is 25.4 Å². The number of amides is 2. The van der Waals surface area contributed by atoms with Crippen molar-refractivity contribution < 1.29 is 14.3 Å². The lowest BCUT2D eigenvalue weighted by Gasteiger charge is -2.34. The second-order valence-corrected chi connectivity index (χ2v) is 10.6. The van der Waals surface area contributed by atoms with Crippen LogP contribution in [0, 0.1) is 0 Å². The highest BCUT2D eigenvalue weighted by molar-refractivity contribution is 5.94. The van der Waals surface area contributed by atoms with Gasteiger partial charge in [-0.2, -0.15) is 0 Å². The van der Waals surface area contributed by atoms with E-state index in [-0.39, 0.29) is 17.9 Å². The first-order valence-electron chi connectivity index (χ1n) is 13.9. The molecule has 0 bridgehead atoms. The molecule has 2 aliphatic rings. The number of nitrogens with one attached hydrogen (secondary N) is 1. The third kappa shape index (κ3) is 7.46. The lowest BCUT2D eigenvalue weighted by atomic mass is 10.0. The van der Waals surface area contributed by atoms with Crippen LogP contribution in [0.1, 0.15) is 28.8 Å². The quantitative estimate of drug-likeness (QED) is 0.434. The van der Waals surface area contributed by atoms with E-state index in [1.807, 2.05) is 59.5 Å². The van der Waals surface area contributed by atoms with Gasteiger partial charge in [0.25, 0.3) is 5.91 Å². The van der Waals surface area contributed by atoms with Gasteiger partial charge in [-0.15, -0.1) is 0 Å². The number of benzene rings is 3. The van der Waals surface area contributed by atoms with Crippen LogP contribution in [-0.2, 0) is 11.3 Å². The molecule has 2 saturated heterocycles. The number of carbonyl (C=O) groups excluding carboxylic acids is 2. The number of carbonyl (C=O) groups is 2. The zero-order valence-electron chi connectivity index (χ0n) is 22.7. The molecule has 5 rings (SSSR count). The van der Waals surface area contributed by atoms with E-state index in [9.17, 15) is 9.59 Å². The molecule has 7 nitrogen and oxygen atoms in total. The fourth-order valence-corrected chi connectivity index (χ4v) is 5.39. The molecule has 0 radical (unpaired) electrons. The molecule has 2 fully saturated rings. The summed E-state index contributed by atoms with van der Waals surface area (Å²) in [5.74, 6) is 1.14. The van der Waals surface area contributed by atoms with Crippen molar-refractivity contribution in [1.82, 2.24) is 20.0 Å². The number of rotatable bonds is 10. The second kappa shape index (κ2) is 12.9. The molecule has 3 aromatic carbocycles. The van der Waals surface area contributed by atoms with Gasteiger partial charge in [-0.1, -0.05) is 54.6 Å². The first kappa shape index (κ1) is 26.9. The van der Waals surface area contributed by atoms with E-state index in [0.717, 1.165) is 74.7 Å². The third-order valence-electron chi connectivity index (χ3n) is 7.54. The topological polar surface area (TPSA) is 65.1 Å². The molecule has 204 valence electrons. The van der Waals surface area contributed by atoms with Crippen LogP contribution in [0.5, 0.6) is 5.75 Å². The lowest BCUT2D eigenvalue weighted by Crippen LogP contribution is -2.49. The van der Waals surface area contributed by atoms with Crippen LogP contribution in [0.4, 0.5) is 0 Å². The zero-order valence-corrected chi connectivity index (χ0v) is 22.7. The van der Waals surface area contributed by atoms with E-state index >= 15 is 0 Å². The Morgan fingerprint density at radius 1 is 0.949 bits per heavy atom. The summed E-state index contributed by atoms with van der Waals surface area (Å²) in [5, 5.41) is 3.03. The Hall–Kier alpha value is -3.68. The summed E-state index contributed by atoms with van der Waals surface area (Å²) < 4.78 is 6.07. The summed E-state index contributed by atoms with van der Waals surface area (Å²) in [5.41, 5.74) is 4.21. The second-order valence-electron chi connectivity index (χ2n) is 10.6. The van der Waals surface area contributed by atoms with E-state index < -0.39 is 0 Å². The number of nitrogens with zero attached hydrogens (tertiary/aromatic N) is 3. The van der Waals surface area contributed by atoms with Gasteiger partial charge >= 0.3 is 0 Å². The summed E-state index contributed by atoms with van der Waals surface area (Å²) in [7, 11) is 2.09. The van der Waals surface area contributed by atoms with Crippen LogP contribution in [0.25, 0.3) is 11.1 Å². The first-order valence-corrected chi connectivity index (χ1v) is 13.9. The summed E-state index contributed by atoms with van der Waals surface area (Å²) >= 11 is 0. The Kier molecular flexibility index (Phi) is 8.91. The van der Waals surface area contributed by atoms with Gasteiger partial charge in [-0.05, 0) is 54.4 Å². The minimum Gasteiger partial charge on any atom is -0.492 e. The van der Waals surface area contributed by atoms with Crippen molar-refractivity contribution in [3.05, 3.63) is 90.0 Å². The number of ether oxygens (including phenoxy) is 1. The minimum atomic E-state index is 0.0996. The standard InChI is InChI=1S/C32H38N4O3/c1-34(24-29-14-15-31(37)33-29)23-25-6-5-9-30(22-25)39-21-20-35-16-18-36(19-17-35)32(38)28-12-10-27(11-13-28)26-7-3-2-4-8-26/h2-13,22,29H,14-21,23-24H2,1H3,(H,33,37)/t29-/m1/s1.